The molecule has 7 nitrogen and oxygen atoms in total. The summed E-state index contributed by atoms with van der Waals surface area (Å²) in [5, 5.41) is 14.0. The lowest BCUT2D eigenvalue weighted by molar-refractivity contribution is 0.102. The van der Waals surface area contributed by atoms with Crippen molar-refractivity contribution in [3.05, 3.63) is 110 Å². The van der Waals surface area contributed by atoms with Crippen molar-refractivity contribution in [3.8, 4) is 11.1 Å². The lowest BCUT2D eigenvalue weighted by Gasteiger charge is -2.27. The maximum atomic E-state index is 13.2. The molecule has 4 heterocycles. The van der Waals surface area contributed by atoms with Crippen molar-refractivity contribution in [2.75, 3.05) is 31.5 Å². The van der Waals surface area contributed by atoms with Crippen molar-refractivity contribution < 1.29 is 9.90 Å². The topological polar surface area (TPSA) is 81.6 Å². The number of aryl methyl sites for hydroxylation is 1. The van der Waals surface area contributed by atoms with Gasteiger partial charge in [-0.2, -0.15) is 0 Å². The zero-order valence-corrected chi connectivity index (χ0v) is 28.5. The van der Waals surface area contributed by atoms with Gasteiger partial charge in [-0.3, -0.25) is 24.6 Å². The third kappa shape index (κ3) is 8.11. The molecule has 1 atom stereocenters. The number of anilines is 1. The number of pyridine rings is 2. The Labute approximate surface area is 287 Å². The average molecular weight is 671 g/mol. The first kappa shape index (κ1) is 33.3. The number of aliphatic hydroxyl groups excluding tert-OH is 1. The molecule has 0 spiro atoms. The van der Waals surface area contributed by atoms with E-state index in [0.717, 1.165) is 60.4 Å². The Kier molecular flexibility index (Phi) is 10.7. The number of nitrogens with one attached hydrogen (secondary N) is 1. The molecule has 2 aliphatic rings. The van der Waals surface area contributed by atoms with Crippen LogP contribution < -0.4 is 5.32 Å². The van der Waals surface area contributed by atoms with Gasteiger partial charge in [0.25, 0.3) is 5.91 Å². The van der Waals surface area contributed by atoms with Gasteiger partial charge in [-0.15, -0.1) is 0 Å². The Bertz CT molecular complexity index is 1770. The molecule has 0 saturated carbocycles. The average Bonchev–Trinajstić information content (AvgIpc) is 3.48. The van der Waals surface area contributed by atoms with E-state index >= 15 is 0 Å². The number of rotatable bonds is 9. The van der Waals surface area contributed by atoms with E-state index in [4.69, 9.17) is 23.2 Å². The molecule has 1 amide bonds. The largest absolute Gasteiger partial charge is 0.392 e. The van der Waals surface area contributed by atoms with E-state index in [2.05, 4.69) is 44.1 Å². The quantitative estimate of drug-likeness (QED) is 0.188. The molecule has 0 radical (unpaired) electrons. The summed E-state index contributed by atoms with van der Waals surface area (Å²) >= 11 is 13.7. The first-order valence-electron chi connectivity index (χ1n) is 16.4. The summed E-state index contributed by atoms with van der Waals surface area (Å²) < 4.78 is 0. The number of hydrogen-bond donors (Lipinski definition) is 2. The van der Waals surface area contributed by atoms with Gasteiger partial charge < -0.3 is 10.4 Å². The molecule has 2 aliphatic heterocycles. The third-order valence-corrected chi connectivity index (χ3v) is 9.94. The lowest BCUT2D eigenvalue weighted by atomic mass is 9.98. The molecule has 47 heavy (non-hydrogen) atoms. The van der Waals surface area contributed by atoms with Crippen molar-refractivity contribution in [1.29, 1.82) is 0 Å². The minimum absolute atomic E-state index is 0.266. The maximum Gasteiger partial charge on any atom is 0.274 e. The number of amides is 1. The van der Waals surface area contributed by atoms with Crippen LogP contribution in [0.25, 0.3) is 23.3 Å². The van der Waals surface area contributed by atoms with Crippen molar-refractivity contribution in [3.63, 3.8) is 0 Å². The van der Waals surface area contributed by atoms with Crippen LogP contribution in [0.5, 0.6) is 0 Å². The highest BCUT2D eigenvalue weighted by atomic mass is 35.5. The number of piperidine rings is 1. The summed E-state index contributed by atoms with van der Waals surface area (Å²) in [5.74, 6) is -0.285. The summed E-state index contributed by atoms with van der Waals surface area (Å²) in [4.78, 5) is 26.8. The van der Waals surface area contributed by atoms with Crippen LogP contribution >= 0.6 is 23.2 Å². The van der Waals surface area contributed by atoms with Crippen LogP contribution in [0.15, 0.2) is 60.9 Å². The van der Waals surface area contributed by atoms with E-state index in [-0.39, 0.29) is 12.0 Å². The van der Waals surface area contributed by atoms with Gasteiger partial charge in [-0.25, -0.2) is 0 Å². The second-order valence-corrected chi connectivity index (χ2v) is 13.5. The first-order chi connectivity index (χ1) is 22.7. The summed E-state index contributed by atoms with van der Waals surface area (Å²) in [5.41, 5.74) is 8.68. The van der Waals surface area contributed by atoms with E-state index in [0.29, 0.717) is 40.2 Å². The normalized spacial score (nSPS) is 17.4. The lowest BCUT2D eigenvalue weighted by Crippen LogP contribution is -2.29. The number of aliphatic hydroxyl groups is 1. The Balaban J connectivity index is 1.16. The fraction of sp³-hybridized carbons (Fsp3) is 0.342. The van der Waals surface area contributed by atoms with Crippen molar-refractivity contribution in [2.24, 2.45) is 0 Å². The Morgan fingerprint density at radius 3 is 2.53 bits per heavy atom. The van der Waals surface area contributed by atoms with Gasteiger partial charge in [-0.05, 0) is 110 Å². The number of nitrogens with zero attached hydrogens (tertiary/aromatic N) is 4. The number of benzene rings is 2. The molecule has 6 rings (SSSR count). The first-order valence-corrected chi connectivity index (χ1v) is 17.1. The number of aromatic nitrogens is 2. The number of carbonyl (C=O) groups is 1. The van der Waals surface area contributed by atoms with Crippen LogP contribution in [0.2, 0.25) is 10.0 Å². The Morgan fingerprint density at radius 2 is 1.79 bits per heavy atom. The maximum absolute atomic E-state index is 13.2. The number of halogens is 2. The van der Waals surface area contributed by atoms with Crippen molar-refractivity contribution in [1.82, 2.24) is 19.8 Å². The molecular weight excluding hydrogens is 629 g/mol. The van der Waals surface area contributed by atoms with Gasteiger partial charge in [0, 0.05) is 54.8 Å². The standard InChI is InChI=1S/C38H41Cl2N5O2/c1-25-19-28(33(39)20-29(25)23-44-16-4-3-5-17-44)10-12-35-37(40)32(13-15-41-35)31-7-6-8-34(26(31)2)43-38(47)36-11-9-27(21-42-36)22-45-18-14-30(46)24-45/h6-13,15,19-21,30,46H,3-5,14,16-18,22-24H2,1-2H3,(H,43,47)/b12-10+/t30-/m1/s1. The zero-order chi connectivity index (χ0) is 32.9. The van der Waals surface area contributed by atoms with Gasteiger partial charge in [0.1, 0.15) is 5.69 Å². The Hall–Kier alpha value is -3.59. The van der Waals surface area contributed by atoms with Crippen molar-refractivity contribution in [2.45, 2.75) is 58.7 Å². The molecule has 0 aliphatic carbocycles. The molecule has 2 fully saturated rings. The minimum atomic E-state index is -0.285. The molecule has 2 aromatic carbocycles. The molecule has 9 heteroatoms. The SMILES string of the molecule is Cc1cc(/C=C/c2nccc(-c3cccc(NC(=O)c4ccc(CN5CC[C@@H](O)C5)cn4)c3C)c2Cl)c(Cl)cc1CN1CCCCC1. The van der Waals surface area contributed by atoms with Crippen LogP contribution in [0.3, 0.4) is 0 Å². The number of β-amino-alcohol motifs (C(OH)–C–C–N with tert-alkyl or cyclic N) is 1. The van der Waals surface area contributed by atoms with Crippen LogP contribution in [0.1, 0.15) is 69.7 Å². The smallest absolute Gasteiger partial charge is 0.274 e. The predicted molar refractivity (Wildman–Crippen MR) is 192 cm³/mol. The second kappa shape index (κ2) is 15.1. The highest BCUT2D eigenvalue weighted by Crippen LogP contribution is 2.35. The van der Waals surface area contributed by atoms with E-state index < -0.39 is 0 Å². The zero-order valence-electron chi connectivity index (χ0n) is 27.0. The fourth-order valence-electron chi connectivity index (χ4n) is 6.47. The third-order valence-electron chi connectivity index (χ3n) is 9.22. The summed E-state index contributed by atoms with van der Waals surface area (Å²) in [6.45, 7) is 9.55. The molecule has 0 unspecified atom stereocenters. The Morgan fingerprint density at radius 1 is 0.957 bits per heavy atom. The second-order valence-electron chi connectivity index (χ2n) is 12.7. The molecule has 4 aromatic rings. The van der Waals surface area contributed by atoms with Crippen LogP contribution in [0.4, 0.5) is 5.69 Å². The van der Waals surface area contributed by atoms with Gasteiger partial charge in [0.2, 0.25) is 0 Å². The van der Waals surface area contributed by atoms with Gasteiger partial charge >= 0.3 is 0 Å². The summed E-state index contributed by atoms with van der Waals surface area (Å²) in [7, 11) is 0. The highest BCUT2D eigenvalue weighted by molar-refractivity contribution is 6.35. The highest BCUT2D eigenvalue weighted by Gasteiger charge is 2.21. The molecule has 244 valence electrons. The monoisotopic (exact) mass is 669 g/mol. The number of hydrogen-bond acceptors (Lipinski definition) is 6. The minimum Gasteiger partial charge on any atom is -0.392 e. The number of likely N-dealkylation sites (tertiary alicyclic amines) is 2. The van der Waals surface area contributed by atoms with Crippen LogP contribution in [-0.4, -0.2) is 63.1 Å². The van der Waals surface area contributed by atoms with Gasteiger partial charge in [0.05, 0.1) is 16.8 Å². The van der Waals surface area contributed by atoms with Crippen LogP contribution in [-0.2, 0) is 13.1 Å². The summed E-state index contributed by atoms with van der Waals surface area (Å²) in [6, 6.07) is 15.5. The fourth-order valence-corrected chi connectivity index (χ4v) is 7.00. The molecular formula is C38H41Cl2N5O2. The van der Waals surface area contributed by atoms with E-state index in [1.54, 1.807) is 18.5 Å². The van der Waals surface area contributed by atoms with Crippen LogP contribution in [0, 0.1) is 13.8 Å². The van der Waals surface area contributed by atoms with Crippen molar-refractivity contribution >= 4 is 46.9 Å². The van der Waals surface area contributed by atoms with E-state index in [1.807, 2.05) is 49.4 Å². The van der Waals surface area contributed by atoms with Gasteiger partial charge in [0.15, 0.2) is 0 Å². The predicted octanol–water partition coefficient (Wildman–Crippen LogP) is 8.04. The molecule has 2 N–H and O–H groups in total. The van der Waals surface area contributed by atoms with Gasteiger partial charge in [-0.1, -0.05) is 60.0 Å². The number of carbonyl (C=O) groups excluding carboxylic acids is 1. The van der Waals surface area contributed by atoms with E-state index in [1.165, 1.54) is 30.4 Å². The molecule has 2 saturated heterocycles. The molecule has 2 aromatic heterocycles. The molecule has 0 bridgehead atoms. The van der Waals surface area contributed by atoms with E-state index in [9.17, 15) is 9.90 Å². The summed E-state index contributed by atoms with van der Waals surface area (Å²) in [6.07, 6.45) is 11.7.